The van der Waals surface area contributed by atoms with E-state index < -0.39 is 16.1 Å². The second-order valence-electron chi connectivity index (χ2n) is 6.78. The minimum Gasteiger partial charge on any atom is -0.476 e. The zero-order valence-electron chi connectivity index (χ0n) is 15.2. The third-order valence-corrected chi connectivity index (χ3v) is 6.90. The Hall–Kier alpha value is -2.54. The highest BCUT2D eigenvalue weighted by molar-refractivity contribution is 7.92. The Bertz CT molecular complexity index is 973. The van der Waals surface area contributed by atoms with Crippen LogP contribution < -0.4 is 9.04 Å². The van der Waals surface area contributed by atoms with E-state index in [0.29, 0.717) is 24.5 Å². The van der Waals surface area contributed by atoms with Crippen LogP contribution in [-0.2, 0) is 27.8 Å². The SMILES string of the molecule is CCS(=O)(=O)N1C[C@@H](C(=O)N2CCc3ccccc3C2)Oc2ccccc21. The van der Waals surface area contributed by atoms with Crippen LogP contribution in [0.1, 0.15) is 18.1 Å². The van der Waals surface area contributed by atoms with E-state index in [1.54, 1.807) is 36.1 Å². The fraction of sp³-hybridized carbons (Fsp3) is 0.350. The van der Waals surface area contributed by atoms with Crippen molar-refractivity contribution >= 4 is 21.6 Å². The van der Waals surface area contributed by atoms with E-state index in [1.165, 1.54) is 9.87 Å². The third kappa shape index (κ3) is 3.27. The lowest BCUT2D eigenvalue weighted by atomic mass is 9.99. The number of carbonyl (C=O) groups excluding carboxylic acids is 1. The van der Waals surface area contributed by atoms with Crippen LogP contribution in [0.25, 0.3) is 0 Å². The Morgan fingerprint density at radius 3 is 2.59 bits per heavy atom. The largest absolute Gasteiger partial charge is 0.476 e. The van der Waals surface area contributed by atoms with Gasteiger partial charge in [0.15, 0.2) is 6.10 Å². The molecule has 0 spiro atoms. The molecule has 2 heterocycles. The van der Waals surface area contributed by atoms with Crippen molar-refractivity contribution < 1.29 is 17.9 Å². The summed E-state index contributed by atoms with van der Waals surface area (Å²) >= 11 is 0. The molecule has 2 aliphatic rings. The number of amides is 1. The molecule has 2 aromatic carbocycles. The average Bonchev–Trinajstić information content (AvgIpc) is 2.72. The van der Waals surface area contributed by atoms with Crippen LogP contribution in [0.3, 0.4) is 0 Å². The predicted octanol–water partition coefficient (Wildman–Crippen LogP) is 2.19. The maximum absolute atomic E-state index is 13.1. The van der Waals surface area contributed by atoms with Crippen LogP contribution in [0.2, 0.25) is 0 Å². The highest BCUT2D eigenvalue weighted by Gasteiger charge is 2.38. The molecule has 1 atom stereocenters. The summed E-state index contributed by atoms with van der Waals surface area (Å²) in [5, 5.41) is 0. The highest BCUT2D eigenvalue weighted by atomic mass is 32.2. The van der Waals surface area contributed by atoms with Crippen molar-refractivity contribution in [3.05, 3.63) is 59.7 Å². The fourth-order valence-corrected chi connectivity index (χ4v) is 4.76. The molecule has 0 bridgehead atoms. The van der Waals surface area contributed by atoms with Crippen molar-refractivity contribution in [2.24, 2.45) is 0 Å². The zero-order chi connectivity index (χ0) is 19.0. The first kappa shape index (κ1) is 17.9. The number of anilines is 1. The Labute approximate surface area is 159 Å². The van der Waals surface area contributed by atoms with Gasteiger partial charge in [0, 0.05) is 13.1 Å². The summed E-state index contributed by atoms with van der Waals surface area (Å²) in [7, 11) is -3.50. The lowest BCUT2D eigenvalue weighted by Gasteiger charge is -2.37. The number of para-hydroxylation sites is 2. The Kier molecular flexibility index (Phi) is 4.55. The Morgan fingerprint density at radius 2 is 1.81 bits per heavy atom. The summed E-state index contributed by atoms with van der Waals surface area (Å²) in [6.07, 6.45) is -0.0474. The van der Waals surface area contributed by atoms with Gasteiger partial charge >= 0.3 is 0 Å². The van der Waals surface area contributed by atoms with Gasteiger partial charge in [-0.1, -0.05) is 36.4 Å². The molecule has 2 aromatic rings. The summed E-state index contributed by atoms with van der Waals surface area (Å²) < 4.78 is 32.4. The molecule has 0 fully saturated rings. The minimum atomic E-state index is -3.50. The minimum absolute atomic E-state index is 0.00413. The van der Waals surface area contributed by atoms with Gasteiger partial charge in [0.1, 0.15) is 5.75 Å². The third-order valence-electron chi connectivity index (χ3n) is 5.15. The van der Waals surface area contributed by atoms with Gasteiger partial charge in [0.05, 0.1) is 18.0 Å². The molecule has 0 aromatic heterocycles. The molecule has 0 saturated heterocycles. The molecule has 4 rings (SSSR count). The summed E-state index contributed by atoms with van der Waals surface area (Å²) in [6, 6.07) is 15.0. The van der Waals surface area contributed by atoms with E-state index >= 15 is 0 Å². The van der Waals surface area contributed by atoms with Crippen molar-refractivity contribution in [3.63, 3.8) is 0 Å². The lowest BCUT2D eigenvalue weighted by Crippen LogP contribution is -2.52. The Morgan fingerprint density at radius 1 is 1.11 bits per heavy atom. The van der Waals surface area contributed by atoms with Crippen molar-refractivity contribution in [1.82, 2.24) is 4.90 Å². The first-order valence-corrected chi connectivity index (χ1v) is 10.7. The van der Waals surface area contributed by atoms with E-state index in [-0.39, 0.29) is 18.2 Å². The van der Waals surface area contributed by atoms with E-state index in [1.807, 2.05) is 18.2 Å². The number of hydrogen-bond donors (Lipinski definition) is 0. The quantitative estimate of drug-likeness (QED) is 0.811. The summed E-state index contributed by atoms with van der Waals surface area (Å²) in [5.74, 6) is 0.228. The smallest absolute Gasteiger partial charge is 0.265 e. The number of hydrogen-bond acceptors (Lipinski definition) is 4. The molecule has 7 heteroatoms. The van der Waals surface area contributed by atoms with Crippen molar-refractivity contribution in [3.8, 4) is 5.75 Å². The monoisotopic (exact) mass is 386 g/mol. The standard InChI is InChI=1S/C20H22N2O4S/c1-2-27(24,25)22-14-19(26-18-10-6-5-9-17(18)22)20(23)21-12-11-15-7-3-4-8-16(15)13-21/h3-10,19H,2,11-14H2,1H3/t19-/m0/s1. The van der Waals surface area contributed by atoms with Crippen LogP contribution >= 0.6 is 0 Å². The van der Waals surface area contributed by atoms with Crippen LogP contribution in [0.15, 0.2) is 48.5 Å². The molecule has 27 heavy (non-hydrogen) atoms. The molecule has 2 aliphatic heterocycles. The number of nitrogens with zero attached hydrogens (tertiary/aromatic N) is 2. The molecule has 0 radical (unpaired) electrons. The van der Waals surface area contributed by atoms with Crippen LogP contribution in [0.4, 0.5) is 5.69 Å². The molecular weight excluding hydrogens is 364 g/mol. The van der Waals surface area contributed by atoms with Crippen molar-refractivity contribution in [2.75, 3.05) is 23.1 Å². The molecule has 142 valence electrons. The second-order valence-corrected chi connectivity index (χ2v) is 8.97. The number of rotatable bonds is 3. The van der Waals surface area contributed by atoms with Gasteiger partial charge in [-0.2, -0.15) is 0 Å². The van der Waals surface area contributed by atoms with Gasteiger partial charge in [-0.3, -0.25) is 9.10 Å². The molecule has 0 saturated carbocycles. The first-order valence-electron chi connectivity index (χ1n) is 9.11. The maximum Gasteiger partial charge on any atom is 0.265 e. The van der Waals surface area contributed by atoms with Gasteiger partial charge in [0.2, 0.25) is 10.0 Å². The van der Waals surface area contributed by atoms with Crippen molar-refractivity contribution in [1.29, 1.82) is 0 Å². The second kappa shape index (κ2) is 6.88. The fourth-order valence-electron chi connectivity index (χ4n) is 3.64. The summed E-state index contributed by atoms with van der Waals surface area (Å²) in [5.41, 5.74) is 2.88. The first-order chi connectivity index (χ1) is 13.0. The Balaban J connectivity index is 1.61. The van der Waals surface area contributed by atoms with Gasteiger partial charge < -0.3 is 9.64 Å². The maximum atomic E-state index is 13.1. The van der Waals surface area contributed by atoms with Crippen LogP contribution in [-0.4, -0.2) is 44.2 Å². The summed E-state index contributed by atoms with van der Waals surface area (Å²) in [4.78, 5) is 14.9. The number of ether oxygens (including phenoxy) is 1. The molecular formula is C20H22N2O4S. The molecule has 6 nitrogen and oxygen atoms in total. The number of benzene rings is 2. The average molecular weight is 386 g/mol. The molecule has 0 aliphatic carbocycles. The summed E-state index contributed by atoms with van der Waals surface area (Å²) in [6.45, 7) is 2.74. The van der Waals surface area contributed by atoms with Gasteiger partial charge in [0.25, 0.3) is 5.91 Å². The lowest BCUT2D eigenvalue weighted by molar-refractivity contribution is -0.139. The van der Waals surface area contributed by atoms with Crippen LogP contribution in [0.5, 0.6) is 5.75 Å². The van der Waals surface area contributed by atoms with E-state index in [0.717, 1.165) is 12.0 Å². The number of fused-ring (bicyclic) bond motifs is 2. The normalized spacial score (nSPS) is 19.1. The number of sulfonamides is 1. The zero-order valence-corrected chi connectivity index (χ0v) is 16.0. The number of carbonyl (C=O) groups is 1. The predicted molar refractivity (Wildman–Crippen MR) is 103 cm³/mol. The topological polar surface area (TPSA) is 66.9 Å². The van der Waals surface area contributed by atoms with Gasteiger partial charge in [-0.15, -0.1) is 0 Å². The van der Waals surface area contributed by atoms with Crippen molar-refractivity contribution in [2.45, 2.75) is 26.0 Å². The van der Waals surface area contributed by atoms with Gasteiger partial charge in [-0.05, 0) is 36.6 Å². The van der Waals surface area contributed by atoms with Crippen LogP contribution in [0, 0.1) is 0 Å². The highest BCUT2D eigenvalue weighted by Crippen LogP contribution is 2.35. The van der Waals surface area contributed by atoms with E-state index in [2.05, 4.69) is 6.07 Å². The molecule has 1 amide bonds. The molecule has 0 unspecified atom stereocenters. The van der Waals surface area contributed by atoms with Gasteiger partial charge in [-0.25, -0.2) is 8.42 Å². The van der Waals surface area contributed by atoms with E-state index in [4.69, 9.17) is 4.74 Å². The van der Waals surface area contributed by atoms with E-state index in [9.17, 15) is 13.2 Å². The molecule has 0 N–H and O–H groups in total.